The van der Waals surface area contributed by atoms with Crippen molar-refractivity contribution in [2.45, 2.75) is 25.3 Å². The van der Waals surface area contributed by atoms with E-state index in [-0.39, 0.29) is 0 Å². The Morgan fingerprint density at radius 1 is 1.36 bits per heavy atom. The van der Waals surface area contributed by atoms with Gasteiger partial charge in [-0.15, -0.1) is 0 Å². The summed E-state index contributed by atoms with van der Waals surface area (Å²) in [6.07, 6.45) is 6.06. The van der Waals surface area contributed by atoms with Crippen LogP contribution in [-0.4, -0.2) is 7.05 Å². The molecule has 2 heteroatoms. The van der Waals surface area contributed by atoms with Gasteiger partial charge in [-0.05, 0) is 56.2 Å². The molecule has 1 heterocycles. The SMILES string of the molecule is CNC(c1ccco1)C1CC2CC2C1. The predicted molar refractivity (Wildman–Crippen MR) is 54.8 cm³/mol. The van der Waals surface area contributed by atoms with Gasteiger partial charge >= 0.3 is 0 Å². The molecule has 0 aromatic carbocycles. The molecule has 1 N–H and O–H groups in total. The van der Waals surface area contributed by atoms with E-state index < -0.39 is 0 Å². The molecule has 3 rings (SSSR count). The molecule has 2 saturated carbocycles. The molecule has 2 aliphatic carbocycles. The van der Waals surface area contributed by atoms with Crippen molar-refractivity contribution in [3.63, 3.8) is 0 Å². The quantitative estimate of drug-likeness (QED) is 0.794. The van der Waals surface area contributed by atoms with Gasteiger partial charge in [-0.25, -0.2) is 0 Å². The van der Waals surface area contributed by atoms with Gasteiger partial charge in [-0.1, -0.05) is 0 Å². The maximum Gasteiger partial charge on any atom is 0.120 e. The van der Waals surface area contributed by atoms with E-state index >= 15 is 0 Å². The smallest absolute Gasteiger partial charge is 0.120 e. The first-order valence-electron chi connectivity index (χ1n) is 5.59. The zero-order chi connectivity index (χ0) is 9.54. The van der Waals surface area contributed by atoms with E-state index in [1.807, 2.05) is 13.1 Å². The van der Waals surface area contributed by atoms with Crippen molar-refractivity contribution >= 4 is 0 Å². The monoisotopic (exact) mass is 191 g/mol. The van der Waals surface area contributed by atoms with Gasteiger partial charge in [0.25, 0.3) is 0 Å². The first-order valence-corrected chi connectivity index (χ1v) is 5.59. The first kappa shape index (κ1) is 8.54. The fraction of sp³-hybridized carbons (Fsp3) is 0.667. The minimum absolute atomic E-state index is 0.442. The topological polar surface area (TPSA) is 25.2 Å². The van der Waals surface area contributed by atoms with Gasteiger partial charge in [0.1, 0.15) is 5.76 Å². The second kappa shape index (κ2) is 3.13. The van der Waals surface area contributed by atoms with Crippen LogP contribution in [0.15, 0.2) is 22.8 Å². The molecule has 0 amide bonds. The van der Waals surface area contributed by atoms with Crippen molar-refractivity contribution in [1.29, 1.82) is 0 Å². The van der Waals surface area contributed by atoms with Crippen LogP contribution < -0.4 is 5.32 Å². The van der Waals surface area contributed by atoms with Gasteiger partial charge in [0.2, 0.25) is 0 Å². The molecule has 3 atom stereocenters. The number of furan rings is 1. The lowest BCUT2D eigenvalue weighted by molar-refractivity contribution is 0.309. The predicted octanol–water partition coefficient (Wildman–Crippen LogP) is 2.59. The van der Waals surface area contributed by atoms with Crippen LogP contribution in [0.4, 0.5) is 0 Å². The summed E-state index contributed by atoms with van der Waals surface area (Å²) >= 11 is 0. The summed E-state index contributed by atoms with van der Waals surface area (Å²) in [7, 11) is 2.04. The standard InChI is InChI=1S/C12H17NO/c1-13-12(11-3-2-4-14-11)10-6-8-5-9(8)7-10/h2-4,8-10,12-13H,5-7H2,1H3. The number of nitrogens with one attached hydrogen (secondary N) is 1. The Hall–Kier alpha value is -0.760. The highest BCUT2D eigenvalue weighted by molar-refractivity contribution is 5.09. The van der Waals surface area contributed by atoms with Crippen molar-refractivity contribution in [2.24, 2.45) is 17.8 Å². The summed E-state index contributed by atoms with van der Waals surface area (Å²) in [4.78, 5) is 0. The molecular formula is C12H17NO. The Morgan fingerprint density at radius 3 is 2.71 bits per heavy atom. The van der Waals surface area contributed by atoms with Crippen molar-refractivity contribution in [1.82, 2.24) is 5.32 Å². The van der Waals surface area contributed by atoms with Gasteiger partial charge < -0.3 is 9.73 Å². The van der Waals surface area contributed by atoms with E-state index in [2.05, 4.69) is 11.4 Å². The summed E-state index contributed by atoms with van der Waals surface area (Å²) < 4.78 is 5.49. The summed E-state index contributed by atoms with van der Waals surface area (Å²) in [6.45, 7) is 0. The maximum absolute atomic E-state index is 5.49. The average Bonchev–Trinajstić information content (AvgIpc) is 2.70. The fourth-order valence-electron chi connectivity index (χ4n) is 3.11. The molecule has 14 heavy (non-hydrogen) atoms. The summed E-state index contributed by atoms with van der Waals surface area (Å²) in [5, 5.41) is 3.39. The normalized spacial score (nSPS) is 36.8. The molecule has 1 aromatic rings. The minimum atomic E-state index is 0.442. The highest BCUT2D eigenvalue weighted by atomic mass is 16.3. The highest BCUT2D eigenvalue weighted by Gasteiger charge is 2.48. The van der Waals surface area contributed by atoms with Crippen LogP contribution in [0.25, 0.3) is 0 Å². The molecule has 2 aliphatic rings. The van der Waals surface area contributed by atoms with E-state index in [0.717, 1.165) is 23.5 Å². The van der Waals surface area contributed by atoms with E-state index in [0.29, 0.717) is 6.04 Å². The van der Waals surface area contributed by atoms with Gasteiger partial charge in [0.05, 0.1) is 12.3 Å². The first-order chi connectivity index (χ1) is 6.88. The van der Waals surface area contributed by atoms with Gasteiger partial charge in [-0.2, -0.15) is 0 Å². The van der Waals surface area contributed by atoms with Crippen LogP contribution in [0.3, 0.4) is 0 Å². The molecule has 0 spiro atoms. The van der Waals surface area contributed by atoms with E-state index in [4.69, 9.17) is 4.42 Å². The molecule has 3 unspecified atom stereocenters. The van der Waals surface area contributed by atoms with Crippen LogP contribution in [0.5, 0.6) is 0 Å². The van der Waals surface area contributed by atoms with Crippen molar-refractivity contribution in [3.8, 4) is 0 Å². The van der Waals surface area contributed by atoms with Crippen LogP contribution in [0.2, 0.25) is 0 Å². The Labute approximate surface area is 84.7 Å². The third-order valence-electron chi connectivity index (χ3n) is 3.91. The zero-order valence-corrected chi connectivity index (χ0v) is 8.57. The summed E-state index contributed by atoms with van der Waals surface area (Å²) in [5.41, 5.74) is 0. The summed E-state index contributed by atoms with van der Waals surface area (Å²) in [6, 6.07) is 4.51. The Kier molecular flexibility index (Phi) is 1.91. The lowest BCUT2D eigenvalue weighted by Gasteiger charge is -2.22. The Balaban J connectivity index is 1.74. The maximum atomic E-state index is 5.49. The second-order valence-electron chi connectivity index (χ2n) is 4.77. The van der Waals surface area contributed by atoms with Gasteiger partial charge in [0.15, 0.2) is 0 Å². The van der Waals surface area contributed by atoms with Crippen molar-refractivity contribution < 1.29 is 4.42 Å². The molecule has 0 aliphatic heterocycles. The molecule has 0 radical (unpaired) electrons. The van der Waals surface area contributed by atoms with Crippen molar-refractivity contribution in [2.75, 3.05) is 7.05 Å². The molecule has 0 bridgehead atoms. The van der Waals surface area contributed by atoms with Gasteiger partial charge in [0, 0.05) is 0 Å². The number of hydrogen-bond donors (Lipinski definition) is 1. The third kappa shape index (κ3) is 1.29. The summed E-state index contributed by atoms with van der Waals surface area (Å²) in [5.74, 6) is 4.00. The van der Waals surface area contributed by atoms with Crippen molar-refractivity contribution in [3.05, 3.63) is 24.2 Å². The van der Waals surface area contributed by atoms with Gasteiger partial charge in [-0.3, -0.25) is 0 Å². The molecule has 0 saturated heterocycles. The fourth-order valence-corrected chi connectivity index (χ4v) is 3.11. The average molecular weight is 191 g/mol. The van der Waals surface area contributed by atoms with E-state index in [1.54, 1.807) is 6.26 Å². The van der Waals surface area contributed by atoms with Crippen LogP contribution in [-0.2, 0) is 0 Å². The minimum Gasteiger partial charge on any atom is -0.468 e. The number of hydrogen-bond acceptors (Lipinski definition) is 2. The van der Waals surface area contributed by atoms with E-state index in [1.165, 1.54) is 19.3 Å². The largest absolute Gasteiger partial charge is 0.468 e. The lowest BCUT2D eigenvalue weighted by atomic mass is 9.93. The lowest BCUT2D eigenvalue weighted by Crippen LogP contribution is -2.24. The molecule has 2 nitrogen and oxygen atoms in total. The number of rotatable bonds is 3. The van der Waals surface area contributed by atoms with Crippen LogP contribution in [0.1, 0.15) is 31.1 Å². The van der Waals surface area contributed by atoms with Crippen LogP contribution >= 0.6 is 0 Å². The molecular weight excluding hydrogens is 174 g/mol. The number of fused-ring (bicyclic) bond motifs is 1. The molecule has 1 aromatic heterocycles. The molecule has 2 fully saturated rings. The zero-order valence-electron chi connectivity index (χ0n) is 8.57. The Bertz CT molecular complexity index is 296. The molecule has 76 valence electrons. The third-order valence-corrected chi connectivity index (χ3v) is 3.91. The Morgan fingerprint density at radius 2 is 2.14 bits per heavy atom. The van der Waals surface area contributed by atoms with E-state index in [9.17, 15) is 0 Å². The highest BCUT2D eigenvalue weighted by Crippen LogP contribution is 2.57. The van der Waals surface area contributed by atoms with Crippen LogP contribution in [0, 0.1) is 17.8 Å². The second-order valence-corrected chi connectivity index (χ2v) is 4.77.